The largest absolute Gasteiger partial charge is 0.545 e. The summed E-state index contributed by atoms with van der Waals surface area (Å²) < 4.78 is 0. The van der Waals surface area contributed by atoms with Gasteiger partial charge < -0.3 is 20.1 Å². The number of quaternary nitrogens is 1. The van der Waals surface area contributed by atoms with E-state index in [4.69, 9.17) is 9.97 Å². The molecular formula is C30H35N5O3. The van der Waals surface area contributed by atoms with Crippen LogP contribution in [-0.2, 0) is 0 Å². The predicted molar refractivity (Wildman–Crippen MR) is 142 cm³/mol. The Hall–Kier alpha value is -3.65. The third kappa shape index (κ3) is 5.31. The Morgan fingerprint density at radius 1 is 1.08 bits per heavy atom. The lowest BCUT2D eigenvalue weighted by atomic mass is 9.74. The van der Waals surface area contributed by atoms with Crippen LogP contribution >= 0.6 is 0 Å². The number of hydrogen-bond donors (Lipinski definition) is 2. The number of hydrogen-bond acceptors (Lipinski definition) is 6. The van der Waals surface area contributed by atoms with Crippen molar-refractivity contribution in [1.29, 1.82) is 0 Å². The fourth-order valence-corrected chi connectivity index (χ4v) is 6.27. The number of nitrogens with one attached hydrogen (secondary N) is 2. The maximum Gasteiger partial charge on any atom is 0.252 e. The van der Waals surface area contributed by atoms with E-state index in [-0.39, 0.29) is 17.0 Å². The zero-order valence-corrected chi connectivity index (χ0v) is 22.0. The van der Waals surface area contributed by atoms with Gasteiger partial charge >= 0.3 is 0 Å². The number of carboxylic acids is 1. The zero-order chi connectivity index (χ0) is 26.6. The van der Waals surface area contributed by atoms with Gasteiger partial charge in [-0.2, -0.15) is 0 Å². The van der Waals surface area contributed by atoms with Gasteiger partial charge in [0.05, 0.1) is 37.2 Å². The summed E-state index contributed by atoms with van der Waals surface area (Å²) in [6.45, 7) is 6.98. The molecule has 0 aliphatic carbocycles. The molecule has 4 atom stereocenters. The van der Waals surface area contributed by atoms with E-state index in [0.717, 1.165) is 61.5 Å². The Kier molecular flexibility index (Phi) is 7.79. The number of aromatic carboxylic acids is 1. The number of amides is 1. The van der Waals surface area contributed by atoms with Crippen LogP contribution in [0.25, 0.3) is 11.4 Å². The highest BCUT2D eigenvalue weighted by Gasteiger charge is 2.45. The summed E-state index contributed by atoms with van der Waals surface area (Å²) in [5.41, 5.74) is 3.30. The summed E-state index contributed by atoms with van der Waals surface area (Å²) in [5, 5.41) is 14.4. The second-order valence-electron chi connectivity index (χ2n) is 10.5. The van der Waals surface area contributed by atoms with Crippen LogP contribution in [0.4, 0.5) is 0 Å². The molecule has 2 N–H and O–H groups in total. The van der Waals surface area contributed by atoms with Gasteiger partial charge in [0, 0.05) is 53.5 Å². The van der Waals surface area contributed by atoms with Crippen LogP contribution in [-0.4, -0.2) is 52.5 Å². The van der Waals surface area contributed by atoms with Crippen LogP contribution in [0.1, 0.15) is 83.5 Å². The van der Waals surface area contributed by atoms with Crippen LogP contribution in [0.3, 0.4) is 0 Å². The van der Waals surface area contributed by atoms with Crippen LogP contribution in [0, 0.1) is 5.92 Å². The Morgan fingerprint density at radius 2 is 1.82 bits per heavy atom. The van der Waals surface area contributed by atoms with Gasteiger partial charge in [0.25, 0.3) is 5.91 Å². The summed E-state index contributed by atoms with van der Waals surface area (Å²) in [4.78, 5) is 39.9. The number of rotatable bonds is 9. The molecule has 0 saturated carbocycles. The third-order valence-electron chi connectivity index (χ3n) is 8.44. The van der Waals surface area contributed by atoms with Gasteiger partial charge in [0.2, 0.25) is 0 Å². The summed E-state index contributed by atoms with van der Waals surface area (Å²) in [6, 6.07) is 12.7. The zero-order valence-electron chi connectivity index (χ0n) is 22.0. The fraction of sp³-hybridized carbons (Fsp3) is 0.433. The molecule has 8 heteroatoms. The molecule has 6 rings (SSSR count). The molecule has 3 saturated heterocycles. The molecule has 0 spiro atoms. The van der Waals surface area contributed by atoms with Gasteiger partial charge in [-0.25, -0.2) is 9.97 Å². The molecule has 0 radical (unpaired) electrons. The molecule has 5 heterocycles. The number of nitrogens with zero attached hydrogens (tertiary/aromatic N) is 3. The Labute approximate surface area is 223 Å². The third-order valence-corrected chi connectivity index (χ3v) is 8.44. The van der Waals surface area contributed by atoms with Crippen molar-refractivity contribution in [3.05, 3.63) is 77.4 Å². The van der Waals surface area contributed by atoms with Crippen LogP contribution in [0.2, 0.25) is 0 Å². The van der Waals surface area contributed by atoms with Crippen LogP contribution in [0.5, 0.6) is 0 Å². The van der Waals surface area contributed by atoms with E-state index in [2.05, 4.69) is 30.2 Å². The normalized spacial score (nSPS) is 22.4. The van der Waals surface area contributed by atoms with Crippen molar-refractivity contribution in [2.24, 2.45) is 5.92 Å². The van der Waals surface area contributed by atoms with Crippen molar-refractivity contribution in [3.8, 4) is 11.4 Å². The first-order chi connectivity index (χ1) is 18.5. The number of carbonyl (C=O) groups excluding carboxylic acids is 2. The van der Waals surface area contributed by atoms with Gasteiger partial charge in [-0.3, -0.25) is 9.78 Å². The quantitative estimate of drug-likeness (QED) is 0.453. The van der Waals surface area contributed by atoms with Gasteiger partial charge in [-0.1, -0.05) is 32.0 Å². The smallest absolute Gasteiger partial charge is 0.252 e. The molecule has 8 nitrogen and oxygen atoms in total. The van der Waals surface area contributed by atoms with Gasteiger partial charge in [-0.05, 0) is 43.0 Å². The lowest BCUT2D eigenvalue weighted by Crippen LogP contribution is -3.20. The lowest BCUT2D eigenvalue weighted by Gasteiger charge is -2.46. The number of pyridine rings is 1. The number of benzene rings is 1. The maximum atomic E-state index is 12.8. The molecule has 3 aliphatic heterocycles. The molecule has 38 heavy (non-hydrogen) atoms. The van der Waals surface area contributed by atoms with Crippen molar-refractivity contribution in [2.75, 3.05) is 19.6 Å². The predicted octanol–water partition coefficient (Wildman–Crippen LogP) is 2.00. The fourth-order valence-electron chi connectivity index (χ4n) is 6.27. The van der Waals surface area contributed by atoms with E-state index in [1.54, 1.807) is 24.5 Å². The highest BCUT2D eigenvalue weighted by Crippen LogP contribution is 2.36. The molecule has 3 aliphatic rings. The molecule has 3 fully saturated rings. The minimum Gasteiger partial charge on any atom is -0.545 e. The Balaban J connectivity index is 1.33. The van der Waals surface area contributed by atoms with Gasteiger partial charge in [0.15, 0.2) is 5.82 Å². The Bertz CT molecular complexity index is 1290. The maximum absolute atomic E-state index is 12.8. The molecule has 2 aromatic heterocycles. The first-order valence-electron chi connectivity index (χ1n) is 13.7. The summed E-state index contributed by atoms with van der Waals surface area (Å²) >= 11 is 0. The van der Waals surface area contributed by atoms with Gasteiger partial charge in [-0.15, -0.1) is 0 Å². The number of piperidine rings is 3. The van der Waals surface area contributed by atoms with E-state index in [1.807, 2.05) is 12.1 Å². The second kappa shape index (κ2) is 11.4. The van der Waals surface area contributed by atoms with E-state index in [9.17, 15) is 14.7 Å². The number of fused-ring (bicyclic) bond motifs is 3. The van der Waals surface area contributed by atoms with Crippen molar-refractivity contribution >= 4 is 11.9 Å². The average Bonchev–Trinajstić information content (AvgIpc) is 2.97. The standard InChI is InChI=1S/C30H35N5O3/c1-3-19(4-2)26-16-27(34-28(33-26)20-9-12-31-13-10-20)25-18-35-14-11-21(25)15-22(35)17-32-29(36)23-7-5-6-8-24(23)30(37)38/h5-10,12-13,16,19,21-22,25H,3-4,11,14-15,17-18H2,1-2H3,(H,32,36)(H,37,38)/t21-,22+,25-/m0/s1. The minimum atomic E-state index is -1.34. The first-order valence-corrected chi connectivity index (χ1v) is 13.7. The molecular weight excluding hydrogens is 478 g/mol. The summed E-state index contributed by atoms with van der Waals surface area (Å²) in [6.07, 6.45) is 7.77. The van der Waals surface area contributed by atoms with Gasteiger partial charge in [0.1, 0.15) is 6.04 Å². The molecule has 1 unspecified atom stereocenters. The molecule has 3 aromatic rings. The highest BCUT2D eigenvalue weighted by molar-refractivity contribution is 6.04. The topological polar surface area (TPSA) is 112 Å². The van der Waals surface area contributed by atoms with Crippen molar-refractivity contribution < 1.29 is 19.6 Å². The minimum absolute atomic E-state index is 0.0788. The first kappa shape index (κ1) is 26.0. The van der Waals surface area contributed by atoms with E-state index >= 15 is 0 Å². The van der Waals surface area contributed by atoms with E-state index in [1.165, 1.54) is 17.0 Å². The number of carbonyl (C=O) groups is 2. The molecule has 1 aromatic carbocycles. The van der Waals surface area contributed by atoms with Crippen molar-refractivity contribution in [1.82, 2.24) is 20.3 Å². The van der Waals surface area contributed by atoms with E-state index < -0.39 is 5.97 Å². The highest BCUT2D eigenvalue weighted by atomic mass is 16.4. The lowest BCUT2D eigenvalue weighted by molar-refractivity contribution is -0.942. The number of carboxylic acid groups (broad SMARTS) is 1. The van der Waals surface area contributed by atoms with Crippen molar-refractivity contribution in [3.63, 3.8) is 0 Å². The second-order valence-corrected chi connectivity index (χ2v) is 10.5. The number of aromatic nitrogens is 3. The SMILES string of the molecule is CCC(CC)c1cc([C@H]2C[NH+]3CC[C@H]2C[C@@H]3CNC(=O)c2ccccc2C(=O)[O-])nc(-c2ccncc2)n1. The molecule has 198 valence electrons. The average molecular weight is 514 g/mol. The van der Waals surface area contributed by atoms with E-state index in [0.29, 0.717) is 30.3 Å². The summed E-state index contributed by atoms with van der Waals surface area (Å²) in [5.74, 6) is 0.302. The molecule has 1 amide bonds. The summed E-state index contributed by atoms with van der Waals surface area (Å²) in [7, 11) is 0. The Morgan fingerprint density at radius 3 is 2.47 bits per heavy atom. The van der Waals surface area contributed by atoms with Crippen LogP contribution < -0.4 is 15.3 Å². The monoisotopic (exact) mass is 513 g/mol. The van der Waals surface area contributed by atoms with Crippen molar-refractivity contribution in [2.45, 2.75) is 57.4 Å². The van der Waals surface area contributed by atoms with Crippen LogP contribution in [0.15, 0.2) is 54.9 Å². The molecule has 2 bridgehead atoms.